The van der Waals surface area contributed by atoms with Gasteiger partial charge in [-0.2, -0.15) is 5.26 Å². The van der Waals surface area contributed by atoms with E-state index in [1.807, 2.05) is 17.9 Å². The molecule has 1 N–H and O–H groups in total. The summed E-state index contributed by atoms with van der Waals surface area (Å²) in [6.07, 6.45) is 0.828. The summed E-state index contributed by atoms with van der Waals surface area (Å²) >= 11 is 3.33. The second kappa shape index (κ2) is 4.99. The molecule has 1 aromatic carbocycles. The lowest BCUT2D eigenvalue weighted by Gasteiger charge is -2.26. The molecule has 2 rings (SSSR count). The summed E-state index contributed by atoms with van der Waals surface area (Å²) in [7, 11) is 0. The molecule has 2 unspecified atom stereocenters. The predicted molar refractivity (Wildman–Crippen MR) is 71.4 cm³/mol. The average Bonchev–Trinajstić information content (AvgIpc) is 2.70. The lowest BCUT2D eigenvalue weighted by molar-refractivity contribution is -0.139. The zero-order valence-electron chi connectivity index (χ0n) is 9.93. The van der Waals surface area contributed by atoms with Crippen LogP contribution in [0.25, 0.3) is 0 Å². The number of nitrogens with zero attached hydrogens (tertiary/aromatic N) is 2. The number of carboxylic acid groups (broad SMARTS) is 1. The summed E-state index contributed by atoms with van der Waals surface area (Å²) in [6, 6.07) is 7.00. The number of rotatable bonds is 2. The molecule has 5 heteroatoms. The summed E-state index contributed by atoms with van der Waals surface area (Å²) in [5, 5.41) is 18.5. The zero-order valence-corrected chi connectivity index (χ0v) is 11.5. The summed E-state index contributed by atoms with van der Waals surface area (Å²) in [6.45, 7) is 2.60. The maximum Gasteiger partial charge on any atom is 0.326 e. The molecule has 4 nitrogen and oxygen atoms in total. The Morgan fingerprint density at radius 3 is 2.94 bits per heavy atom. The first-order valence-corrected chi connectivity index (χ1v) is 6.53. The maximum atomic E-state index is 11.3. The van der Waals surface area contributed by atoms with Gasteiger partial charge in [0.25, 0.3) is 0 Å². The molecule has 1 aliphatic heterocycles. The molecule has 0 amide bonds. The van der Waals surface area contributed by atoms with Gasteiger partial charge in [0.1, 0.15) is 12.1 Å². The van der Waals surface area contributed by atoms with Gasteiger partial charge in [0, 0.05) is 11.0 Å². The fourth-order valence-corrected chi connectivity index (χ4v) is 2.90. The fraction of sp³-hybridized carbons (Fsp3) is 0.385. The Morgan fingerprint density at radius 2 is 2.33 bits per heavy atom. The topological polar surface area (TPSA) is 64.3 Å². The Morgan fingerprint density at radius 1 is 1.61 bits per heavy atom. The first-order chi connectivity index (χ1) is 8.56. The Labute approximate surface area is 114 Å². The molecular weight excluding hydrogens is 296 g/mol. The van der Waals surface area contributed by atoms with Crippen LogP contribution in [0.4, 0.5) is 5.69 Å². The molecule has 1 saturated heterocycles. The van der Waals surface area contributed by atoms with E-state index in [2.05, 4.69) is 22.0 Å². The number of hydrogen-bond donors (Lipinski definition) is 1. The van der Waals surface area contributed by atoms with Crippen LogP contribution < -0.4 is 4.90 Å². The molecule has 2 atom stereocenters. The van der Waals surface area contributed by atoms with Gasteiger partial charge in [-0.05, 0) is 40.4 Å². The monoisotopic (exact) mass is 308 g/mol. The second-order valence-electron chi connectivity index (χ2n) is 4.49. The van der Waals surface area contributed by atoms with Gasteiger partial charge in [0.2, 0.25) is 0 Å². The van der Waals surface area contributed by atoms with Gasteiger partial charge in [0.15, 0.2) is 0 Å². The van der Waals surface area contributed by atoms with Gasteiger partial charge in [0.05, 0.1) is 11.3 Å². The van der Waals surface area contributed by atoms with E-state index < -0.39 is 12.0 Å². The minimum Gasteiger partial charge on any atom is -0.480 e. The predicted octanol–water partition coefficient (Wildman–Crippen LogP) is 2.62. The molecule has 0 saturated carbocycles. The van der Waals surface area contributed by atoms with Crippen molar-refractivity contribution in [2.75, 3.05) is 11.4 Å². The van der Waals surface area contributed by atoms with Crippen LogP contribution >= 0.6 is 15.9 Å². The lowest BCUT2D eigenvalue weighted by Crippen LogP contribution is -2.39. The van der Waals surface area contributed by atoms with E-state index in [-0.39, 0.29) is 5.92 Å². The summed E-state index contributed by atoms with van der Waals surface area (Å²) in [5.41, 5.74) is 1.20. The summed E-state index contributed by atoms with van der Waals surface area (Å²) in [5.74, 6) is -0.739. The molecular formula is C13H13BrN2O2. The van der Waals surface area contributed by atoms with E-state index in [1.165, 1.54) is 0 Å². The second-order valence-corrected chi connectivity index (χ2v) is 5.34. The summed E-state index contributed by atoms with van der Waals surface area (Å²) in [4.78, 5) is 13.2. The molecule has 0 aliphatic carbocycles. The zero-order chi connectivity index (χ0) is 13.3. The van der Waals surface area contributed by atoms with E-state index in [9.17, 15) is 15.2 Å². The first-order valence-electron chi connectivity index (χ1n) is 5.74. The number of carbonyl (C=O) groups is 1. The highest BCUT2D eigenvalue weighted by molar-refractivity contribution is 9.10. The van der Waals surface area contributed by atoms with Crippen molar-refractivity contribution in [2.45, 2.75) is 19.4 Å². The number of benzene rings is 1. The van der Waals surface area contributed by atoms with Crippen LogP contribution in [0.2, 0.25) is 0 Å². The molecule has 18 heavy (non-hydrogen) atoms. The molecule has 1 aliphatic rings. The molecule has 0 aromatic heterocycles. The van der Waals surface area contributed by atoms with Crippen molar-refractivity contribution in [1.82, 2.24) is 0 Å². The number of aliphatic carboxylic acids is 1. The van der Waals surface area contributed by atoms with Crippen LogP contribution in [0.15, 0.2) is 22.7 Å². The molecule has 0 bridgehead atoms. The van der Waals surface area contributed by atoms with Crippen LogP contribution in [0.3, 0.4) is 0 Å². The molecule has 94 valence electrons. The number of hydrogen-bond acceptors (Lipinski definition) is 3. The number of nitriles is 1. The smallest absolute Gasteiger partial charge is 0.326 e. The Hall–Kier alpha value is -1.54. The van der Waals surface area contributed by atoms with Gasteiger partial charge in [-0.25, -0.2) is 4.79 Å². The Kier molecular flexibility index (Phi) is 3.58. The van der Waals surface area contributed by atoms with Crippen LogP contribution in [-0.4, -0.2) is 23.7 Å². The standard InChI is InChI=1S/C13H13BrN2O2/c1-8-5-6-16(12(8)13(17)18)11-4-2-3-10(14)9(11)7-15/h2-4,8,12H,5-6H2,1H3,(H,17,18). The fourth-order valence-electron chi connectivity index (χ4n) is 2.46. The van der Waals surface area contributed by atoms with Crippen molar-refractivity contribution in [3.8, 4) is 6.07 Å². The molecule has 1 heterocycles. The number of anilines is 1. The summed E-state index contributed by atoms with van der Waals surface area (Å²) < 4.78 is 0.700. The quantitative estimate of drug-likeness (QED) is 0.912. The molecule has 0 spiro atoms. The largest absolute Gasteiger partial charge is 0.480 e. The average molecular weight is 309 g/mol. The van der Waals surface area contributed by atoms with E-state index >= 15 is 0 Å². The van der Waals surface area contributed by atoms with Crippen molar-refractivity contribution in [2.24, 2.45) is 5.92 Å². The number of halogens is 1. The van der Waals surface area contributed by atoms with Gasteiger partial charge in [-0.3, -0.25) is 0 Å². The minimum absolute atomic E-state index is 0.0908. The third kappa shape index (κ3) is 2.08. The van der Waals surface area contributed by atoms with Crippen LogP contribution in [0.5, 0.6) is 0 Å². The van der Waals surface area contributed by atoms with Crippen LogP contribution in [-0.2, 0) is 4.79 Å². The van der Waals surface area contributed by atoms with E-state index in [1.54, 1.807) is 12.1 Å². The molecule has 1 aromatic rings. The SMILES string of the molecule is CC1CCN(c2cccc(Br)c2C#N)C1C(=O)O. The van der Waals surface area contributed by atoms with Gasteiger partial charge < -0.3 is 10.0 Å². The van der Waals surface area contributed by atoms with Crippen LogP contribution in [0.1, 0.15) is 18.9 Å². The molecule has 0 radical (unpaired) electrons. The minimum atomic E-state index is -0.830. The third-order valence-corrected chi connectivity index (χ3v) is 4.03. The third-order valence-electron chi connectivity index (χ3n) is 3.37. The van der Waals surface area contributed by atoms with Gasteiger partial charge in [-0.15, -0.1) is 0 Å². The highest BCUT2D eigenvalue weighted by atomic mass is 79.9. The van der Waals surface area contributed by atoms with Crippen molar-refractivity contribution in [3.05, 3.63) is 28.2 Å². The van der Waals surface area contributed by atoms with Crippen molar-refractivity contribution in [1.29, 1.82) is 5.26 Å². The van der Waals surface area contributed by atoms with Crippen molar-refractivity contribution in [3.63, 3.8) is 0 Å². The van der Waals surface area contributed by atoms with Crippen molar-refractivity contribution < 1.29 is 9.90 Å². The van der Waals surface area contributed by atoms with E-state index in [0.717, 1.165) is 6.42 Å². The Balaban J connectivity index is 2.47. The van der Waals surface area contributed by atoms with Gasteiger partial charge >= 0.3 is 5.97 Å². The van der Waals surface area contributed by atoms with Crippen LogP contribution in [0, 0.1) is 17.2 Å². The molecule has 1 fully saturated rings. The van der Waals surface area contributed by atoms with Crippen molar-refractivity contribution >= 4 is 27.6 Å². The lowest BCUT2D eigenvalue weighted by atomic mass is 10.0. The van der Waals surface area contributed by atoms with E-state index in [0.29, 0.717) is 22.3 Å². The normalized spacial score (nSPS) is 22.8. The maximum absolute atomic E-state index is 11.3. The highest BCUT2D eigenvalue weighted by Gasteiger charge is 2.37. The van der Waals surface area contributed by atoms with Gasteiger partial charge in [-0.1, -0.05) is 13.0 Å². The van der Waals surface area contributed by atoms with E-state index in [4.69, 9.17) is 0 Å². The number of carboxylic acids is 1. The highest BCUT2D eigenvalue weighted by Crippen LogP contribution is 2.34. The Bertz CT molecular complexity index is 524. The first kappa shape index (κ1) is 12.9.